The number of ether oxygens (including phenoxy) is 1. The van der Waals surface area contributed by atoms with Gasteiger partial charge in [0.25, 0.3) is 0 Å². The van der Waals surface area contributed by atoms with Crippen LogP contribution in [0.4, 0.5) is 4.39 Å². The second-order valence-corrected chi connectivity index (χ2v) is 5.22. The monoisotopic (exact) mass is 360 g/mol. The summed E-state index contributed by atoms with van der Waals surface area (Å²) in [6.07, 6.45) is 1.51. The quantitative estimate of drug-likeness (QED) is 0.768. The third kappa shape index (κ3) is 2.92. The number of halogens is 3. The van der Waals surface area contributed by atoms with Crippen LogP contribution in [0.15, 0.2) is 28.9 Å². The van der Waals surface area contributed by atoms with Crippen LogP contribution in [0.1, 0.15) is 16.1 Å². The van der Waals surface area contributed by atoms with Crippen molar-refractivity contribution in [2.45, 2.75) is 6.54 Å². The number of nitrogens with zero attached hydrogens (tertiary/aromatic N) is 2. The van der Waals surface area contributed by atoms with Crippen molar-refractivity contribution in [1.29, 1.82) is 0 Å². The van der Waals surface area contributed by atoms with E-state index >= 15 is 0 Å². The second kappa shape index (κ2) is 6.47. The molecule has 20 heavy (non-hydrogen) atoms. The molecule has 2 aromatic rings. The summed E-state index contributed by atoms with van der Waals surface area (Å²) in [6.45, 7) is 0.821. The van der Waals surface area contributed by atoms with E-state index in [2.05, 4.69) is 21.0 Å². The fourth-order valence-electron chi connectivity index (χ4n) is 1.74. The SMILES string of the molecule is COCCn1ncc(Br)c1C(=O)c1cccc(F)c1Cl. The smallest absolute Gasteiger partial charge is 0.213 e. The van der Waals surface area contributed by atoms with Crippen molar-refractivity contribution in [3.63, 3.8) is 0 Å². The standard InChI is InChI=1S/C13H11BrClFN2O2/c1-20-6-5-18-12(9(14)7-17-18)13(19)8-3-2-4-10(16)11(8)15/h2-4,7H,5-6H2,1H3. The number of benzene rings is 1. The molecule has 2 rings (SSSR count). The van der Waals surface area contributed by atoms with Crippen LogP contribution in [-0.4, -0.2) is 29.3 Å². The Morgan fingerprint density at radius 3 is 3.00 bits per heavy atom. The molecular formula is C13H11BrClFN2O2. The van der Waals surface area contributed by atoms with Gasteiger partial charge in [0.1, 0.15) is 11.5 Å². The average Bonchev–Trinajstić information content (AvgIpc) is 2.80. The second-order valence-electron chi connectivity index (χ2n) is 3.99. The van der Waals surface area contributed by atoms with Crippen LogP contribution >= 0.6 is 27.5 Å². The molecule has 0 saturated carbocycles. The van der Waals surface area contributed by atoms with Gasteiger partial charge in [0.2, 0.25) is 5.78 Å². The largest absolute Gasteiger partial charge is 0.383 e. The maximum Gasteiger partial charge on any atom is 0.213 e. The van der Waals surface area contributed by atoms with E-state index in [1.54, 1.807) is 7.11 Å². The molecule has 0 aliphatic heterocycles. The van der Waals surface area contributed by atoms with E-state index in [9.17, 15) is 9.18 Å². The summed E-state index contributed by atoms with van der Waals surface area (Å²) >= 11 is 9.12. The van der Waals surface area contributed by atoms with E-state index in [0.29, 0.717) is 23.3 Å². The number of carbonyl (C=O) groups excluding carboxylic acids is 1. The summed E-state index contributed by atoms with van der Waals surface area (Å²) in [7, 11) is 1.56. The van der Waals surface area contributed by atoms with Gasteiger partial charge in [0.05, 0.1) is 28.8 Å². The Hall–Kier alpha value is -1.24. The molecule has 0 aliphatic rings. The normalized spacial score (nSPS) is 10.8. The van der Waals surface area contributed by atoms with Gasteiger partial charge in [0.15, 0.2) is 0 Å². The first-order chi connectivity index (χ1) is 9.56. The Morgan fingerprint density at radius 2 is 2.30 bits per heavy atom. The summed E-state index contributed by atoms with van der Waals surface area (Å²) in [5.41, 5.74) is 0.418. The van der Waals surface area contributed by atoms with Crippen molar-refractivity contribution in [1.82, 2.24) is 9.78 Å². The molecule has 1 aromatic heterocycles. The summed E-state index contributed by atoms with van der Waals surface area (Å²) in [4.78, 5) is 12.5. The minimum absolute atomic E-state index is 0.103. The van der Waals surface area contributed by atoms with E-state index in [1.807, 2.05) is 0 Å². The molecular weight excluding hydrogens is 351 g/mol. The number of ketones is 1. The highest BCUT2D eigenvalue weighted by Gasteiger charge is 2.22. The highest BCUT2D eigenvalue weighted by molar-refractivity contribution is 9.10. The van der Waals surface area contributed by atoms with Crippen molar-refractivity contribution in [2.75, 3.05) is 13.7 Å². The highest BCUT2D eigenvalue weighted by Crippen LogP contribution is 2.25. The zero-order valence-electron chi connectivity index (χ0n) is 10.6. The van der Waals surface area contributed by atoms with Crippen molar-refractivity contribution in [2.24, 2.45) is 0 Å². The van der Waals surface area contributed by atoms with Crippen LogP contribution in [0.5, 0.6) is 0 Å². The van der Waals surface area contributed by atoms with Crippen molar-refractivity contribution in [3.05, 3.63) is 51.0 Å². The Kier molecular flexibility index (Phi) is 4.91. The molecule has 0 unspecified atom stereocenters. The molecule has 1 heterocycles. The maximum absolute atomic E-state index is 13.4. The van der Waals surface area contributed by atoms with Gasteiger partial charge >= 0.3 is 0 Å². The van der Waals surface area contributed by atoms with Gasteiger partial charge in [-0.1, -0.05) is 17.7 Å². The summed E-state index contributed by atoms with van der Waals surface area (Å²) in [5.74, 6) is -1.02. The van der Waals surface area contributed by atoms with Gasteiger partial charge in [-0.3, -0.25) is 9.48 Å². The van der Waals surface area contributed by atoms with Gasteiger partial charge in [-0.25, -0.2) is 4.39 Å². The molecule has 7 heteroatoms. The van der Waals surface area contributed by atoms with Crippen LogP contribution in [0.2, 0.25) is 5.02 Å². The Balaban J connectivity index is 2.43. The third-order valence-corrected chi connectivity index (χ3v) is 3.68. The first-order valence-electron chi connectivity index (χ1n) is 5.75. The molecule has 0 bridgehead atoms. The minimum atomic E-state index is -0.628. The molecule has 0 N–H and O–H groups in total. The third-order valence-electron chi connectivity index (χ3n) is 2.71. The molecule has 4 nitrogen and oxygen atoms in total. The lowest BCUT2D eigenvalue weighted by Gasteiger charge is -2.08. The number of aromatic nitrogens is 2. The topological polar surface area (TPSA) is 44.1 Å². The Labute approximate surface area is 128 Å². The first-order valence-corrected chi connectivity index (χ1v) is 6.92. The number of hydrogen-bond donors (Lipinski definition) is 0. The predicted molar refractivity (Wildman–Crippen MR) is 76.6 cm³/mol. The van der Waals surface area contributed by atoms with E-state index in [1.165, 1.54) is 29.1 Å². The average molecular weight is 362 g/mol. The molecule has 0 amide bonds. The zero-order chi connectivity index (χ0) is 14.7. The van der Waals surface area contributed by atoms with Gasteiger partial charge in [-0.15, -0.1) is 0 Å². The van der Waals surface area contributed by atoms with Crippen LogP contribution in [0.3, 0.4) is 0 Å². The number of hydrogen-bond acceptors (Lipinski definition) is 3. The summed E-state index contributed by atoms with van der Waals surface area (Å²) in [6, 6.07) is 4.13. The molecule has 0 saturated heterocycles. The zero-order valence-corrected chi connectivity index (χ0v) is 12.9. The molecule has 0 aliphatic carbocycles. The van der Waals surface area contributed by atoms with Crippen molar-refractivity contribution < 1.29 is 13.9 Å². The van der Waals surface area contributed by atoms with Crippen LogP contribution in [0.25, 0.3) is 0 Å². The van der Waals surface area contributed by atoms with E-state index in [4.69, 9.17) is 16.3 Å². The Bertz CT molecular complexity index is 645. The first kappa shape index (κ1) is 15.2. The van der Waals surface area contributed by atoms with Crippen molar-refractivity contribution in [3.8, 4) is 0 Å². The van der Waals surface area contributed by atoms with E-state index in [0.717, 1.165) is 0 Å². The van der Waals surface area contributed by atoms with Gasteiger partial charge < -0.3 is 4.74 Å². The van der Waals surface area contributed by atoms with Crippen LogP contribution < -0.4 is 0 Å². The van der Waals surface area contributed by atoms with Gasteiger partial charge in [-0.2, -0.15) is 5.10 Å². The molecule has 0 radical (unpaired) electrons. The van der Waals surface area contributed by atoms with Crippen LogP contribution in [-0.2, 0) is 11.3 Å². The molecule has 0 atom stereocenters. The summed E-state index contributed by atoms with van der Waals surface area (Å²) in [5, 5.41) is 3.89. The highest BCUT2D eigenvalue weighted by atomic mass is 79.9. The maximum atomic E-state index is 13.4. The Morgan fingerprint density at radius 1 is 1.55 bits per heavy atom. The minimum Gasteiger partial charge on any atom is -0.383 e. The van der Waals surface area contributed by atoms with E-state index < -0.39 is 11.6 Å². The summed E-state index contributed by atoms with van der Waals surface area (Å²) < 4.78 is 20.4. The lowest BCUT2D eigenvalue weighted by Crippen LogP contribution is -2.15. The number of rotatable bonds is 5. The lowest BCUT2D eigenvalue weighted by atomic mass is 10.1. The molecule has 0 fully saturated rings. The fraction of sp³-hybridized carbons (Fsp3) is 0.231. The molecule has 0 spiro atoms. The van der Waals surface area contributed by atoms with Gasteiger partial charge in [-0.05, 0) is 28.1 Å². The predicted octanol–water partition coefficient (Wildman–Crippen LogP) is 3.32. The number of carbonyl (C=O) groups is 1. The molecule has 1 aromatic carbocycles. The molecule has 106 valence electrons. The van der Waals surface area contributed by atoms with Gasteiger partial charge in [0, 0.05) is 12.7 Å². The van der Waals surface area contributed by atoms with Crippen LogP contribution in [0, 0.1) is 5.82 Å². The number of methoxy groups -OCH3 is 1. The van der Waals surface area contributed by atoms with E-state index in [-0.39, 0.29) is 10.6 Å². The van der Waals surface area contributed by atoms with Crippen molar-refractivity contribution >= 4 is 33.3 Å². The fourth-order valence-corrected chi connectivity index (χ4v) is 2.43. The lowest BCUT2D eigenvalue weighted by molar-refractivity contribution is 0.102.